The topological polar surface area (TPSA) is 68.8 Å². The average molecular weight is 309 g/mol. The second kappa shape index (κ2) is 5.96. The van der Waals surface area contributed by atoms with Gasteiger partial charge in [0.25, 0.3) is 0 Å². The third kappa shape index (κ3) is 2.77. The van der Waals surface area contributed by atoms with Gasteiger partial charge in [0.05, 0.1) is 12.0 Å². The number of fused-ring (bicyclic) bond motifs is 1. The van der Waals surface area contributed by atoms with Crippen molar-refractivity contribution < 1.29 is 4.42 Å². The highest BCUT2D eigenvalue weighted by Gasteiger charge is 2.23. The molecular weight excluding hydrogens is 290 g/mol. The van der Waals surface area contributed by atoms with Crippen molar-refractivity contribution in [3.63, 3.8) is 0 Å². The fourth-order valence-electron chi connectivity index (χ4n) is 3.25. The molecule has 118 valence electrons. The minimum atomic E-state index is 0.267. The molecule has 0 radical (unpaired) electrons. The first-order chi connectivity index (χ1) is 11.3. The van der Waals surface area contributed by atoms with E-state index in [0.717, 1.165) is 24.3 Å². The van der Waals surface area contributed by atoms with Crippen LogP contribution in [0.5, 0.6) is 0 Å². The third-order valence-electron chi connectivity index (χ3n) is 4.51. The second-order valence-corrected chi connectivity index (χ2v) is 5.98. The third-order valence-corrected chi connectivity index (χ3v) is 4.51. The van der Waals surface area contributed by atoms with Crippen LogP contribution in [0.25, 0.3) is 5.69 Å². The molecular formula is C17H19N5O. The van der Waals surface area contributed by atoms with Gasteiger partial charge in [-0.05, 0) is 54.0 Å². The molecule has 1 aromatic carbocycles. The molecule has 2 atom stereocenters. The molecule has 2 aromatic heterocycles. The Morgan fingerprint density at radius 1 is 1.26 bits per heavy atom. The Morgan fingerprint density at radius 2 is 2.13 bits per heavy atom. The molecule has 1 N–H and O–H groups in total. The molecule has 6 nitrogen and oxygen atoms in total. The summed E-state index contributed by atoms with van der Waals surface area (Å²) < 4.78 is 7.22. The van der Waals surface area contributed by atoms with E-state index in [1.807, 2.05) is 12.1 Å². The lowest BCUT2D eigenvalue weighted by Gasteiger charge is -2.26. The molecule has 0 aliphatic heterocycles. The Hall–Kier alpha value is -2.47. The number of hydrogen-bond acceptors (Lipinski definition) is 5. The van der Waals surface area contributed by atoms with Crippen molar-refractivity contribution in [1.82, 2.24) is 25.5 Å². The number of nitrogens with zero attached hydrogens (tertiary/aromatic N) is 4. The molecule has 23 heavy (non-hydrogen) atoms. The van der Waals surface area contributed by atoms with Crippen LogP contribution in [0.2, 0.25) is 0 Å². The Balaban J connectivity index is 1.49. The van der Waals surface area contributed by atoms with Crippen LogP contribution in [0.1, 0.15) is 48.7 Å². The van der Waals surface area contributed by atoms with Gasteiger partial charge < -0.3 is 9.73 Å². The van der Waals surface area contributed by atoms with Gasteiger partial charge in [-0.3, -0.25) is 0 Å². The van der Waals surface area contributed by atoms with Crippen molar-refractivity contribution in [2.75, 3.05) is 0 Å². The van der Waals surface area contributed by atoms with Crippen molar-refractivity contribution in [1.29, 1.82) is 0 Å². The summed E-state index contributed by atoms with van der Waals surface area (Å²) in [5.74, 6) is 1.13. The van der Waals surface area contributed by atoms with Crippen LogP contribution >= 0.6 is 0 Å². The maximum atomic E-state index is 5.57. The first kappa shape index (κ1) is 14.1. The maximum absolute atomic E-state index is 5.57. The van der Waals surface area contributed by atoms with E-state index in [2.05, 4.69) is 46.0 Å². The summed E-state index contributed by atoms with van der Waals surface area (Å²) in [6.45, 7) is 2.19. The molecule has 0 spiro atoms. The van der Waals surface area contributed by atoms with Crippen LogP contribution in [0.4, 0.5) is 0 Å². The zero-order chi connectivity index (χ0) is 15.6. The quantitative estimate of drug-likeness (QED) is 0.802. The number of benzene rings is 1. The van der Waals surface area contributed by atoms with Crippen LogP contribution in [0.15, 0.2) is 47.3 Å². The summed E-state index contributed by atoms with van der Waals surface area (Å²) in [6, 6.07) is 11.0. The van der Waals surface area contributed by atoms with Gasteiger partial charge in [-0.2, -0.15) is 0 Å². The van der Waals surface area contributed by atoms with Crippen molar-refractivity contribution >= 4 is 0 Å². The Bertz CT molecular complexity index is 763. The lowest BCUT2D eigenvalue weighted by Crippen LogP contribution is -2.27. The molecule has 1 aliphatic carbocycles. The number of tetrazole rings is 1. The van der Waals surface area contributed by atoms with Crippen LogP contribution in [0, 0.1) is 0 Å². The number of aryl methyl sites for hydroxylation is 1. The SMILES string of the molecule is C[C@H](N[C@H]1CCCc2occc21)c1ccc(-n2cnnn2)cc1. The second-order valence-electron chi connectivity index (χ2n) is 5.98. The summed E-state index contributed by atoms with van der Waals surface area (Å²) in [7, 11) is 0. The van der Waals surface area contributed by atoms with E-state index in [0.29, 0.717) is 6.04 Å². The molecule has 0 bridgehead atoms. The highest BCUT2D eigenvalue weighted by molar-refractivity contribution is 5.34. The molecule has 2 heterocycles. The van der Waals surface area contributed by atoms with Crippen LogP contribution in [-0.2, 0) is 6.42 Å². The van der Waals surface area contributed by atoms with Gasteiger partial charge in [0.15, 0.2) is 0 Å². The number of rotatable bonds is 4. The van der Waals surface area contributed by atoms with E-state index < -0.39 is 0 Å². The van der Waals surface area contributed by atoms with E-state index >= 15 is 0 Å². The summed E-state index contributed by atoms with van der Waals surface area (Å²) in [6.07, 6.45) is 6.77. The first-order valence-electron chi connectivity index (χ1n) is 7.97. The largest absolute Gasteiger partial charge is 0.469 e. The number of hydrogen-bond donors (Lipinski definition) is 1. The van der Waals surface area contributed by atoms with Crippen LogP contribution < -0.4 is 5.32 Å². The number of nitrogens with one attached hydrogen (secondary N) is 1. The summed E-state index contributed by atoms with van der Waals surface area (Å²) in [5, 5.41) is 14.9. The molecule has 0 amide bonds. The fourth-order valence-corrected chi connectivity index (χ4v) is 3.25. The van der Waals surface area contributed by atoms with E-state index in [-0.39, 0.29) is 6.04 Å². The average Bonchev–Trinajstić information content (AvgIpc) is 3.27. The zero-order valence-corrected chi connectivity index (χ0v) is 13.0. The fraction of sp³-hybridized carbons (Fsp3) is 0.353. The monoisotopic (exact) mass is 309 g/mol. The van der Waals surface area contributed by atoms with Crippen LogP contribution in [0.3, 0.4) is 0 Å². The molecule has 0 saturated carbocycles. The molecule has 0 saturated heterocycles. The van der Waals surface area contributed by atoms with Crippen molar-refractivity contribution in [3.05, 3.63) is 59.8 Å². The minimum absolute atomic E-state index is 0.267. The molecule has 6 heteroatoms. The van der Waals surface area contributed by atoms with Crippen molar-refractivity contribution in [2.24, 2.45) is 0 Å². The number of furan rings is 1. The Labute approximate surface area is 134 Å². The Kier molecular flexibility index (Phi) is 3.67. The van der Waals surface area contributed by atoms with Gasteiger partial charge in [0.2, 0.25) is 0 Å². The predicted molar refractivity (Wildman–Crippen MR) is 85.1 cm³/mol. The van der Waals surface area contributed by atoms with Gasteiger partial charge >= 0.3 is 0 Å². The molecule has 0 fully saturated rings. The van der Waals surface area contributed by atoms with Gasteiger partial charge in [-0.1, -0.05) is 12.1 Å². The summed E-state index contributed by atoms with van der Waals surface area (Å²) in [5.41, 5.74) is 3.52. The lowest BCUT2D eigenvalue weighted by atomic mass is 9.92. The van der Waals surface area contributed by atoms with Gasteiger partial charge in [-0.15, -0.1) is 5.10 Å². The Morgan fingerprint density at radius 3 is 2.91 bits per heavy atom. The lowest BCUT2D eigenvalue weighted by molar-refractivity contribution is 0.385. The maximum Gasteiger partial charge on any atom is 0.143 e. The number of aromatic nitrogens is 4. The van der Waals surface area contributed by atoms with Gasteiger partial charge in [-0.25, -0.2) is 4.68 Å². The summed E-state index contributed by atoms with van der Waals surface area (Å²) >= 11 is 0. The van der Waals surface area contributed by atoms with E-state index in [1.165, 1.54) is 17.5 Å². The first-order valence-corrected chi connectivity index (χ1v) is 7.97. The van der Waals surface area contributed by atoms with Gasteiger partial charge in [0, 0.05) is 24.1 Å². The van der Waals surface area contributed by atoms with Crippen molar-refractivity contribution in [3.8, 4) is 5.69 Å². The molecule has 0 unspecified atom stereocenters. The van der Waals surface area contributed by atoms with E-state index in [9.17, 15) is 0 Å². The smallest absolute Gasteiger partial charge is 0.143 e. The molecule has 4 rings (SSSR count). The molecule has 1 aliphatic rings. The van der Waals surface area contributed by atoms with Crippen molar-refractivity contribution in [2.45, 2.75) is 38.3 Å². The molecule has 3 aromatic rings. The minimum Gasteiger partial charge on any atom is -0.469 e. The predicted octanol–water partition coefficient (Wildman–Crippen LogP) is 2.98. The van der Waals surface area contributed by atoms with Crippen LogP contribution in [-0.4, -0.2) is 20.2 Å². The highest BCUT2D eigenvalue weighted by atomic mass is 16.3. The zero-order valence-electron chi connectivity index (χ0n) is 13.0. The normalized spacial score (nSPS) is 18.6. The standard InChI is InChI=1S/C17H19N5O/c1-12(19-16-3-2-4-17-15(16)9-10-23-17)13-5-7-14(8-6-13)22-11-18-20-21-22/h5-12,16,19H,2-4H2,1H3/t12-,16-/m0/s1. The van der Waals surface area contributed by atoms with E-state index in [1.54, 1.807) is 17.3 Å². The highest BCUT2D eigenvalue weighted by Crippen LogP contribution is 2.32. The van der Waals surface area contributed by atoms with E-state index in [4.69, 9.17) is 4.42 Å². The summed E-state index contributed by atoms with van der Waals surface area (Å²) in [4.78, 5) is 0. The van der Waals surface area contributed by atoms with Gasteiger partial charge in [0.1, 0.15) is 12.1 Å².